The van der Waals surface area contributed by atoms with Crippen LogP contribution in [-0.2, 0) is 4.74 Å². The highest BCUT2D eigenvalue weighted by Crippen LogP contribution is 2.15. The number of ether oxygens (including phenoxy) is 1. The van der Waals surface area contributed by atoms with Gasteiger partial charge in [-0.3, -0.25) is 0 Å². The third-order valence-corrected chi connectivity index (χ3v) is 3.60. The largest absolute Gasteiger partial charge is 0.444 e. The number of carbonyl (C=O) groups excluding carboxylic acids is 1. The van der Waals surface area contributed by atoms with Crippen LogP contribution in [0.1, 0.15) is 40.0 Å². The smallest absolute Gasteiger partial charge is 0.410 e. The van der Waals surface area contributed by atoms with Crippen molar-refractivity contribution in [3.05, 3.63) is 0 Å². The van der Waals surface area contributed by atoms with E-state index in [9.17, 15) is 4.79 Å². The van der Waals surface area contributed by atoms with Gasteiger partial charge in [-0.1, -0.05) is 6.42 Å². The number of nitrogens with one attached hydrogen (secondary N) is 2. The summed E-state index contributed by atoms with van der Waals surface area (Å²) in [4.78, 5) is 13.5. The minimum absolute atomic E-state index is 0.193. The van der Waals surface area contributed by atoms with Crippen LogP contribution in [0.3, 0.4) is 0 Å². The van der Waals surface area contributed by atoms with Gasteiger partial charge in [0.15, 0.2) is 0 Å². The number of piperidine rings is 1. The second-order valence-electron chi connectivity index (χ2n) is 6.64. The lowest BCUT2D eigenvalue weighted by atomic mass is 10.0. The second kappa shape index (κ2) is 6.09. The zero-order valence-electron chi connectivity index (χ0n) is 12.4. The summed E-state index contributed by atoms with van der Waals surface area (Å²) in [6, 6.07) is 1.03. The lowest BCUT2D eigenvalue weighted by molar-refractivity contribution is 0.00511. The van der Waals surface area contributed by atoms with Crippen molar-refractivity contribution < 1.29 is 9.53 Å². The normalized spacial score (nSPS) is 25.0. The summed E-state index contributed by atoms with van der Waals surface area (Å²) < 4.78 is 5.33. The van der Waals surface area contributed by atoms with Crippen LogP contribution in [0.2, 0.25) is 0 Å². The highest BCUT2D eigenvalue weighted by Gasteiger charge is 2.33. The van der Waals surface area contributed by atoms with E-state index in [1.54, 1.807) is 4.90 Å². The molecule has 2 N–H and O–H groups in total. The van der Waals surface area contributed by atoms with Crippen molar-refractivity contribution in [3.63, 3.8) is 0 Å². The average molecular weight is 269 g/mol. The van der Waals surface area contributed by atoms with E-state index in [0.717, 1.165) is 26.2 Å². The summed E-state index contributed by atoms with van der Waals surface area (Å²) in [5.74, 6) is 0. The maximum Gasteiger partial charge on any atom is 0.410 e. The highest BCUT2D eigenvalue weighted by atomic mass is 16.6. The standard InChI is InChI=1S/C14H27N3O2/c1-14(2,3)19-13(18)17-9-12(10-17)16-8-11-6-4-5-7-15-11/h11-12,15-16H,4-10H2,1-3H3. The summed E-state index contributed by atoms with van der Waals surface area (Å²) in [6.45, 7) is 9.37. The highest BCUT2D eigenvalue weighted by molar-refractivity contribution is 5.69. The van der Waals surface area contributed by atoms with Crippen molar-refractivity contribution in [2.75, 3.05) is 26.2 Å². The third kappa shape index (κ3) is 4.66. The molecule has 1 amide bonds. The van der Waals surface area contributed by atoms with Crippen LogP contribution in [0.25, 0.3) is 0 Å². The van der Waals surface area contributed by atoms with Crippen LogP contribution in [0, 0.1) is 0 Å². The summed E-state index contributed by atoms with van der Waals surface area (Å²) in [5, 5.41) is 7.04. The lowest BCUT2D eigenvalue weighted by Gasteiger charge is -2.41. The summed E-state index contributed by atoms with van der Waals surface area (Å²) in [5.41, 5.74) is -0.401. The van der Waals surface area contributed by atoms with Crippen molar-refractivity contribution in [1.82, 2.24) is 15.5 Å². The third-order valence-electron chi connectivity index (χ3n) is 3.60. The Hall–Kier alpha value is -0.810. The summed E-state index contributed by atoms with van der Waals surface area (Å²) in [6.07, 6.45) is 3.69. The van der Waals surface area contributed by atoms with Gasteiger partial charge in [-0.15, -0.1) is 0 Å². The first-order chi connectivity index (χ1) is 8.94. The van der Waals surface area contributed by atoms with Crippen molar-refractivity contribution in [1.29, 1.82) is 0 Å². The first kappa shape index (κ1) is 14.6. The number of nitrogens with zero attached hydrogens (tertiary/aromatic N) is 1. The van der Waals surface area contributed by atoms with Gasteiger partial charge in [0.1, 0.15) is 5.60 Å². The fraction of sp³-hybridized carbons (Fsp3) is 0.929. The second-order valence-corrected chi connectivity index (χ2v) is 6.64. The molecule has 0 aromatic rings. The van der Waals surface area contributed by atoms with E-state index in [0.29, 0.717) is 12.1 Å². The number of rotatable bonds is 3. The topological polar surface area (TPSA) is 53.6 Å². The first-order valence-electron chi connectivity index (χ1n) is 7.39. The lowest BCUT2D eigenvalue weighted by Crippen LogP contribution is -2.62. The molecule has 19 heavy (non-hydrogen) atoms. The molecule has 2 fully saturated rings. The van der Waals surface area contributed by atoms with Crippen molar-refractivity contribution in [3.8, 4) is 0 Å². The molecule has 0 saturated carbocycles. The molecule has 0 bridgehead atoms. The molecule has 5 nitrogen and oxygen atoms in total. The molecule has 0 aromatic heterocycles. The first-order valence-corrected chi connectivity index (χ1v) is 7.39. The zero-order chi connectivity index (χ0) is 13.9. The molecule has 1 unspecified atom stereocenters. The Bertz CT molecular complexity index is 302. The predicted molar refractivity (Wildman–Crippen MR) is 75.2 cm³/mol. The minimum atomic E-state index is -0.401. The van der Waals surface area contributed by atoms with E-state index >= 15 is 0 Å². The molecule has 0 aliphatic carbocycles. The molecule has 110 valence electrons. The van der Waals surface area contributed by atoms with E-state index < -0.39 is 5.60 Å². The molecule has 0 spiro atoms. The molecule has 1 atom stereocenters. The van der Waals surface area contributed by atoms with Crippen LogP contribution in [0.5, 0.6) is 0 Å². The van der Waals surface area contributed by atoms with E-state index in [1.807, 2.05) is 20.8 Å². The molecular weight excluding hydrogens is 242 g/mol. The Balaban J connectivity index is 1.59. The van der Waals surface area contributed by atoms with Crippen molar-refractivity contribution in [2.45, 2.75) is 57.7 Å². The van der Waals surface area contributed by atoms with Crippen LogP contribution in [0.4, 0.5) is 4.79 Å². The molecule has 2 aliphatic heterocycles. The Morgan fingerprint density at radius 3 is 2.68 bits per heavy atom. The number of carbonyl (C=O) groups is 1. The van der Waals surface area contributed by atoms with Gasteiger partial charge >= 0.3 is 6.09 Å². The molecule has 2 aliphatic rings. The van der Waals surface area contributed by atoms with Gasteiger partial charge in [0.25, 0.3) is 0 Å². The minimum Gasteiger partial charge on any atom is -0.444 e. The van der Waals surface area contributed by atoms with Gasteiger partial charge in [0, 0.05) is 31.7 Å². The molecule has 0 radical (unpaired) electrons. The summed E-state index contributed by atoms with van der Waals surface area (Å²) in [7, 11) is 0. The fourth-order valence-corrected chi connectivity index (χ4v) is 2.49. The van der Waals surface area contributed by atoms with Gasteiger partial charge < -0.3 is 20.3 Å². The Morgan fingerprint density at radius 1 is 1.37 bits per heavy atom. The Kier molecular flexibility index (Phi) is 4.68. The number of likely N-dealkylation sites (tertiary alicyclic amines) is 1. The average Bonchev–Trinajstić information content (AvgIpc) is 2.25. The van der Waals surface area contributed by atoms with Crippen molar-refractivity contribution in [2.24, 2.45) is 0 Å². The van der Waals surface area contributed by atoms with Crippen LogP contribution in [-0.4, -0.2) is 54.9 Å². The van der Waals surface area contributed by atoms with E-state index in [4.69, 9.17) is 4.74 Å². The van der Waals surface area contributed by atoms with E-state index in [-0.39, 0.29) is 6.09 Å². The van der Waals surface area contributed by atoms with Crippen molar-refractivity contribution >= 4 is 6.09 Å². The number of hydrogen-bond acceptors (Lipinski definition) is 4. The molecule has 2 rings (SSSR count). The number of amides is 1. The maximum atomic E-state index is 11.8. The predicted octanol–water partition coefficient (Wildman–Crippen LogP) is 1.34. The number of hydrogen-bond donors (Lipinski definition) is 2. The molecular formula is C14H27N3O2. The molecule has 0 aromatic carbocycles. The van der Waals surface area contributed by atoms with E-state index in [2.05, 4.69) is 10.6 Å². The van der Waals surface area contributed by atoms with Gasteiger partial charge in [-0.25, -0.2) is 4.79 Å². The van der Waals surface area contributed by atoms with Crippen LogP contribution >= 0.6 is 0 Å². The van der Waals surface area contributed by atoms with Gasteiger partial charge in [0.05, 0.1) is 0 Å². The Labute approximate surface area is 116 Å². The van der Waals surface area contributed by atoms with Gasteiger partial charge in [-0.05, 0) is 40.2 Å². The van der Waals surface area contributed by atoms with Gasteiger partial charge in [0.2, 0.25) is 0 Å². The van der Waals surface area contributed by atoms with Crippen LogP contribution in [0.15, 0.2) is 0 Å². The summed E-state index contributed by atoms with van der Waals surface area (Å²) >= 11 is 0. The molecule has 5 heteroatoms. The van der Waals surface area contributed by atoms with Gasteiger partial charge in [-0.2, -0.15) is 0 Å². The quantitative estimate of drug-likeness (QED) is 0.812. The monoisotopic (exact) mass is 269 g/mol. The fourth-order valence-electron chi connectivity index (χ4n) is 2.49. The van der Waals surface area contributed by atoms with E-state index in [1.165, 1.54) is 19.3 Å². The van der Waals surface area contributed by atoms with Crippen LogP contribution < -0.4 is 10.6 Å². The zero-order valence-corrected chi connectivity index (χ0v) is 12.4. The SMILES string of the molecule is CC(C)(C)OC(=O)N1CC(NCC2CCCCN2)C1. The molecule has 2 heterocycles. The Morgan fingerprint density at radius 2 is 2.11 bits per heavy atom. The molecule has 2 saturated heterocycles. The maximum absolute atomic E-state index is 11.8.